The molecular formula is C18H21NO3. The average molecular weight is 299 g/mol. The van der Waals surface area contributed by atoms with Crippen molar-refractivity contribution in [1.29, 1.82) is 0 Å². The Hall–Kier alpha value is -2.49. The zero-order valence-electron chi connectivity index (χ0n) is 13.1. The van der Waals surface area contributed by atoms with Gasteiger partial charge in [-0.05, 0) is 49.7 Å². The standard InChI is InChI=1S/C18H21NO3/c1-4-22-16-10-8-14(9-11-16)13(2)19-18(20)15-6-5-7-17(12-15)21-3/h5-13H,4H2,1-3H3,(H,19,20)/t13-/m1/s1. The minimum absolute atomic E-state index is 0.0885. The summed E-state index contributed by atoms with van der Waals surface area (Å²) < 4.78 is 10.6. The Morgan fingerprint density at radius 1 is 1.14 bits per heavy atom. The number of methoxy groups -OCH3 is 1. The normalized spacial score (nSPS) is 11.6. The second kappa shape index (κ2) is 7.50. The highest BCUT2D eigenvalue weighted by Gasteiger charge is 2.12. The third-order valence-electron chi connectivity index (χ3n) is 3.37. The van der Waals surface area contributed by atoms with Crippen LogP contribution < -0.4 is 14.8 Å². The largest absolute Gasteiger partial charge is 0.497 e. The molecule has 0 heterocycles. The zero-order valence-corrected chi connectivity index (χ0v) is 13.1. The summed E-state index contributed by atoms with van der Waals surface area (Å²) in [4.78, 5) is 12.3. The molecule has 0 unspecified atom stereocenters. The number of carbonyl (C=O) groups excluding carboxylic acids is 1. The number of benzene rings is 2. The van der Waals surface area contributed by atoms with E-state index in [0.717, 1.165) is 11.3 Å². The maximum absolute atomic E-state index is 12.3. The molecule has 2 rings (SSSR count). The lowest BCUT2D eigenvalue weighted by atomic mass is 10.1. The van der Waals surface area contributed by atoms with Gasteiger partial charge in [-0.2, -0.15) is 0 Å². The van der Waals surface area contributed by atoms with E-state index in [-0.39, 0.29) is 11.9 Å². The van der Waals surface area contributed by atoms with Crippen molar-refractivity contribution >= 4 is 5.91 Å². The molecule has 1 atom stereocenters. The first kappa shape index (κ1) is 15.9. The predicted molar refractivity (Wildman–Crippen MR) is 86.5 cm³/mol. The van der Waals surface area contributed by atoms with E-state index >= 15 is 0 Å². The Labute approximate surface area is 131 Å². The molecule has 4 heteroatoms. The molecule has 0 radical (unpaired) electrons. The lowest BCUT2D eigenvalue weighted by Gasteiger charge is -2.15. The van der Waals surface area contributed by atoms with Crippen LogP contribution in [0.4, 0.5) is 0 Å². The van der Waals surface area contributed by atoms with Crippen molar-refractivity contribution in [2.24, 2.45) is 0 Å². The van der Waals surface area contributed by atoms with Gasteiger partial charge in [0, 0.05) is 5.56 Å². The Bertz CT molecular complexity index is 622. The molecule has 0 aliphatic heterocycles. The van der Waals surface area contributed by atoms with E-state index in [0.29, 0.717) is 17.9 Å². The van der Waals surface area contributed by atoms with Gasteiger partial charge in [-0.3, -0.25) is 4.79 Å². The molecule has 1 N–H and O–H groups in total. The monoisotopic (exact) mass is 299 g/mol. The molecule has 0 aliphatic rings. The van der Waals surface area contributed by atoms with Crippen molar-refractivity contribution in [2.75, 3.05) is 13.7 Å². The average Bonchev–Trinajstić information content (AvgIpc) is 2.55. The molecule has 116 valence electrons. The lowest BCUT2D eigenvalue weighted by molar-refractivity contribution is 0.0939. The van der Waals surface area contributed by atoms with E-state index in [9.17, 15) is 4.79 Å². The Morgan fingerprint density at radius 2 is 1.86 bits per heavy atom. The van der Waals surface area contributed by atoms with Gasteiger partial charge in [0.05, 0.1) is 19.8 Å². The number of nitrogens with one attached hydrogen (secondary N) is 1. The highest BCUT2D eigenvalue weighted by atomic mass is 16.5. The van der Waals surface area contributed by atoms with Crippen LogP contribution in [0.2, 0.25) is 0 Å². The van der Waals surface area contributed by atoms with E-state index in [4.69, 9.17) is 9.47 Å². The number of hydrogen-bond acceptors (Lipinski definition) is 3. The first-order valence-electron chi connectivity index (χ1n) is 7.31. The molecule has 0 aromatic heterocycles. The number of hydrogen-bond donors (Lipinski definition) is 1. The van der Waals surface area contributed by atoms with E-state index in [1.807, 2.05) is 44.2 Å². The van der Waals surface area contributed by atoms with Gasteiger partial charge in [-0.25, -0.2) is 0 Å². The van der Waals surface area contributed by atoms with Gasteiger partial charge in [-0.1, -0.05) is 18.2 Å². The number of ether oxygens (including phenoxy) is 2. The number of carbonyl (C=O) groups is 1. The van der Waals surface area contributed by atoms with E-state index in [1.165, 1.54) is 0 Å². The van der Waals surface area contributed by atoms with Crippen molar-refractivity contribution in [1.82, 2.24) is 5.32 Å². The molecule has 0 saturated heterocycles. The van der Waals surface area contributed by atoms with Gasteiger partial charge in [0.2, 0.25) is 0 Å². The molecular weight excluding hydrogens is 278 g/mol. The van der Waals surface area contributed by atoms with Crippen LogP contribution in [0.25, 0.3) is 0 Å². The molecule has 2 aromatic carbocycles. The summed E-state index contributed by atoms with van der Waals surface area (Å²) in [5, 5.41) is 2.98. The Morgan fingerprint density at radius 3 is 2.50 bits per heavy atom. The predicted octanol–water partition coefficient (Wildman–Crippen LogP) is 3.58. The van der Waals surface area contributed by atoms with E-state index in [1.54, 1.807) is 25.3 Å². The van der Waals surface area contributed by atoms with Gasteiger partial charge in [0.25, 0.3) is 5.91 Å². The molecule has 2 aromatic rings. The summed E-state index contributed by atoms with van der Waals surface area (Å²) in [5.41, 5.74) is 1.61. The molecule has 0 saturated carbocycles. The first-order valence-corrected chi connectivity index (χ1v) is 7.31. The van der Waals surface area contributed by atoms with E-state index in [2.05, 4.69) is 5.32 Å². The SMILES string of the molecule is CCOc1ccc([C@@H](C)NC(=O)c2cccc(OC)c2)cc1. The fraction of sp³-hybridized carbons (Fsp3) is 0.278. The molecule has 0 spiro atoms. The van der Waals surface area contributed by atoms with Crippen molar-refractivity contribution in [3.63, 3.8) is 0 Å². The van der Waals surface area contributed by atoms with E-state index < -0.39 is 0 Å². The number of rotatable bonds is 6. The fourth-order valence-corrected chi connectivity index (χ4v) is 2.15. The van der Waals surface area contributed by atoms with Crippen molar-refractivity contribution < 1.29 is 14.3 Å². The quantitative estimate of drug-likeness (QED) is 0.887. The maximum Gasteiger partial charge on any atom is 0.251 e. The topological polar surface area (TPSA) is 47.6 Å². The first-order chi connectivity index (χ1) is 10.6. The maximum atomic E-state index is 12.3. The summed E-state index contributed by atoms with van der Waals surface area (Å²) >= 11 is 0. The second-order valence-corrected chi connectivity index (χ2v) is 4.93. The van der Waals surface area contributed by atoms with Crippen LogP contribution in [-0.4, -0.2) is 19.6 Å². The van der Waals surface area contributed by atoms with Crippen LogP contribution in [0, 0.1) is 0 Å². The summed E-state index contributed by atoms with van der Waals surface area (Å²) in [5.74, 6) is 1.37. The summed E-state index contributed by atoms with van der Waals surface area (Å²) in [6.45, 7) is 4.54. The molecule has 0 fully saturated rings. The Kier molecular flexibility index (Phi) is 5.42. The highest BCUT2D eigenvalue weighted by molar-refractivity contribution is 5.94. The zero-order chi connectivity index (χ0) is 15.9. The minimum atomic E-state index is -0.125. The van der Waals surface area contributed by atoms with Gasteiger partial charge < -0.3 is 14.8 Å². The van der Waals surface area contributed by atoms with Crippen LogP contribution >= 0.6 is 0 Å². The third kappa shape index (κ3) is 4.01. The molecule has 0 aliphatic carbocycles. The highest BCUT2D eigenvalue weighted by Crippen LogP contribution is 2.19. The second-order valence-electron chi connectivity index (χ2n) is 4.93. The minimum Gasteiger partial charge on any atom is -0.497 e. The molecule has 4 nitrogen and oxygen atoms in total. The summed E-state index contributed by atoms with van der Waals surface area (Å²) in [7, 11) is 1.58. The van der Waals surface area contributed by atoms with Gasteiger partial charge in [-0.15, -0.1) is 0 Å². The summed E-state index contributed by atoms with van der Waals surface area (Å²) in [6, 6.07) is 14.8. The number of amides is 1. The van der Waals surface area contributed by atoms with Crippen molar-refractivity contribution in [3.8, 4) is 11.5 Å². The van der Waals surface area contributed by atoms with Gasteiger partial charge in [0.1, 0.15) is 11.5 Å². The van der Waals surface area contributed by atoms with Gasteiger partial charge in [0.15, 0.2) is 0 Å². The molecule has 22 heavy (non-hydrogen) atoms. The van der Waals surface area contributed by atoms with Gasteiger partial charge >= 0.3 is 0 Å². The molecule has 0 bridgehead atoms. The van der Waals surface area contributed by atoms with Crippen LogP contribution in [0.3, 0.4) is 0 Å². The van der Waals surface area contributed by atoms with Crippen LogP contribution in [0.1, 0.15) is 35.8 Å². The van der Waals surface area contributed by atoms with Crippen LogP contribution in [0.15, 0.2) is 48.5 Å². The third-order valence-corrected chi connectivity index (χ3v) is 3.37. The van der Waals surface area contributed by atoms with Crippen LogP contribution in [0.5, 0.6) is 11.5 Å². The van der Waals surface area contributed by atoms with Crippen molar-refractivity contribution in [2.45, 2.75) is 19.9 Å². The van der Waals surface area contributed by atoms with Crippen molar-refractivity contribution in [3.05, 3.63) is 59.7 Å². The fourth-order valence-electron chi connectivity index (χ4n) is 2.15. The smallest absolute Gasteiger partial charge is 0.251 e. The molecule has 1 amide bonds. The summed E-state index contributed by atoms with van der Waals surface area (Å²) in [6.07, 6.45) is 0. The lowest BCUT2D eigenvalue weighted by Crippen LogP contribution is -2.26. The van der Waals surface area contributed by atoms with Crippen LogP contribution in [-0.2, 0) is 0 Å². The Balaban J connectivity index is 2.03.